The molecule has 22 heavy (non-hydrogen) atoms. The second-order valence-electron chi connectivity index (χ2n) is 5.79. The molecule has 0 bridgehead atoms. The van der Waals surface area contributed by atoms with Crippen LogP contribution in [0.3, 0.4) is 0 Å². The molecule has 0 aliphatic rings. The van der Waals surface area contributed by atoms with Crippen molar-refractivity contribution >= 4 is 21.6 Å². The average molecular weight is 326 g/mol. The van der Waals surface area contributed by atoms with E-state index < -0.39 is 10.0 Å². The lowest BCUT2D eigenvalue weighted by Crippen LogP contribution is -2.41. The fraction of sp³-hybridized carbons (Fsp3) is 0.562. The highest BCUT2D eigenvalue weighted by molar-refractivity contribution is 7.92. The van der Waals surface area contributed by atoms with E-state index in [0.29, 0.717) is 12.2 Å². The number of anilines is 1. The molecule has 0 fully saturated rings. The van der Waals surface area contributed by atoms with Gasteiger partial charge in [0.2, 0.25) is 15.9 Å². The Labute approximate surface area is 133 Å². The van der Waals surface area contributed by atoms with Crippen LogP contribution in [0.4, 0.5) is 5.69 Å². The number of sulfonamides is 1. The number of benzene rings is 1. The zero-order chi connectivity index (χ0) is 16.9. The predicted molar refractivity (Wildman–Crippen MR) is 90.8 cm³/mol. The minimum absolute atomic E-state index is 0.165. The lowest BCUT2D eigenvalue weighted by Gasteiger charge is -2.27. The van der Waals surface area contributed by atoms with Crippen LogP contribution >= 0.6 is 0 Å². The van der Waals surface area contributed by atoms with Crippen molar-refractivity contribution in [2.24, 2.45) is 0 Å². The van der Waals surface area contributed by atoms with Crippen molar-refractivity contribution in [2.45, 2.75) is 40.0 Å². The molecule has 1 N–H and O–H groups in total. The molecule has 0 aliphatic heterocycles. The maximum Gasteiger partial charge on any atom is 0.240 e. The first-order chi connectivity index (χ1) is 10.2. The molecule has 0 atom stereocenters. The van der Waals surface area contributed by atoms with Gasteiger partial charge in [-0.05, 0) is 30.4 Å². The summed E-state index contributed by atoms with van der Waals surface area (Å²) >= 11 is 0. The number of rotatable bonds is 7. The van der Waals surface area contributed by atoms with E-state index in [1.807, 2.05) is 45.9 Å². The first-order valence-corrected chi connectivity index (χ1v) is 9.37. The lowest BCUT2D eigenvalue weighted by molar-refractivity contribution is -0.119. The van der Waals surface area contributed by atoms with Crippen LogP contribution in [0.15, 0.2) is 18.2 Å². The number of nitrogens with zero attached hydrogens (tertiary/aromatic N) is 1. The third-order valence-electron chi connectivity index (χ3n) is 3.40. The molecule has 0 aromatic heterocycles. The van der Waals surface area contributed by atoms with Crippen LogP contribution in [0.1, 0.15) is 44.2 Å². The van der Waals surface area contributed by atoms with Gasteiger partial charge in [-0.2, -0.15) is 0 Å². The smallest absolute Gasteiger partial charge is 0.240 e. The first-order valence-electron chi connectivity index (χ1n) is 7.52. The van der Waals surface area contributed by atoms with Gasteiger partial charge in [0.25, 0.3) is 0 Å². The lowest BCUT2D eigenvalue weighted by atomic mass is 9.98. The number of hydrogen-bond acceptors (Lipinski definition) is 3. The third-order valence-corrected chi connectivity index (χ3v) is 4.51. The number of hydrogen-bond donors (Lipinski definition) is 1. The molecule has 0 spiro atoms. The number of amides is 1. The molecule has 0 saturated heterocycles. The number of aryl methyl sites for hydroxylation is 1. The minimum atomic E-state index is -3.54. The van der Waals surface area contributed by atoms with Gasteiger partial charge in [0.1, 0.15) is 6.54 Å². The monoisotopic (exact) mass is 326 g/mol. The third kappa shape index (κ3) is 4.73. The molecular formula is C16H26N2O3S. The quantitative estimate of drug-likeness (QED) is 0.837. The van der Waals surface area contributed by atoms with Crippen molar-refractivity contribution < 1.29 is 13.2 Å². The van der Waals surface area contributed by atoms with Crippen LogP contribution < -0.4 is 9.62 Å². The summed E-state index contributed by atoms with van der Waals surface area (Å²) in [5.74, 6) is -0.122. The van der Waals surface area contributed by atoms with Crippen molar-refractivity contribution in [1.29, 1.82) is 0 Å². The van der Waals surface area contributed by atoms with E-state index in [1.54, 1.807) is 0 Å². The van der Waals surface area contributed by atoms with E-state index in [2.05, 4.69) is 5.32 Å². The topological polar surface area (TPSA) is 66.5 Å². The minimum Gasteiger partial charge on any atom is -0.355 e. The van der Waals surface area contributed by atoms with E-state index in [9.17, 15) is 13.2 Å². The van der Waals surface area contributed by atoms with Crippen LogP contribution in [-0.2, 0) is 14.8 Å². The number of nitrogens with one attached hydrogen (secondary N) is 1. The van der Waals surface area contributed by atoms with Crippen molar-refractivity contribution in [3.05, 3.63) is 29.3 Å². The number of para-hydroxylation sites is 1. The van der Waals surface area contributed by atoms with E-state index in [0.717, 1.165) is 23.8 Å². The summed E-state index contributed by atoms with van der Waals surface area (Å²) < 4.78 is 25.6. The molecule has 6 heteroatoms. The molecule has 0 aliphatic carbocycles. The molecular weight excluding hydrogens is 300 g/mol. The molecule has 1 amide bonds. The fourth-order valence-corrected chi connectivity index (χ4v) is 3.23. The highest BCUT2D eigenvalue weighted by Crippen LogP contribution is 2.32. The summed E-state index contributed by atoms with van der Waals surface area (Å²) in [5, 5.41) is 2.73. The highest BCUT2D eigenvalue weighted by Gasteiger charge is 2.25. The Morgan fingerprint density at radius 1 is 1.32 bits per heavy atom. The standard InChI is InChI=1S/C16H26N2O3S/c1-6-10-17-15(19)11-18(22(5,20)21)16-13(4)8-7-9-14(16)12(2)3/h7-9,12H,6,10-11H2,1-5H3,(H,17,19). The van der Waals surface area contributed by atoms with Crippen LogP contribution in [0.25, 0.3) is 0 Å². The largest absolute Gasteiger partial charge is 0.355 e. The molecule has 1 rings (SSSR count). The second-order valence-corrected chi connectivity index (χ2v) is 7.69. The molecule has 0 heterocycles. The van der Waals surface area contributed by atoms with Gasteiger partial charge in [-0.25, -0.2) is 8.42 Å². The summed E-state index contributed by atoms with van der Waals surface area (Å²) in [6.07, 6.45) is 1.95. The molecule has 0 saturated carbocycles. The van der Waals surface area contributed by atoms with Crippen LogP contribution in [0, 0.1) is 6.92 Å². The highest BCUT2D eigenvalue weighted by atomic mass is 32.2. The Morgan fingerprint density at radius 2 is 1.95 bits per heavy atom. The van der Waals surface area contributed by atoms with Crippen LogP contribution in [0.5, 0.6) is 0 Å². The van der Waals surface area contributed by atoms with Crippen molar-refractivity contribution in [1.82, 2.24) is 5.32 Å². The molecule has 124 valence electrons. The Hall–Kier alpha value is -1.56. The summed E-state index contributed by atoms with van der Waals surface area (Å²) in [4.78, 5) is 12.0. The van der Waals surface area contributed by atoms with Gasteiger partial charge >= 0.3 is 0 Å². The average Bonchev–Trinajstić information content (AvgIpc) is 2.41. The van der Waals surface area contributed by atoms with Gasteiger partial charge in [-0.3, -0.25) is 9.10 Å². The SMILES string of the molecule is CCCNC(=O)CN(c1c(C)cccc1C(C)C)S(C)(=O)=O. The second kappa shape index (κ2) is 7.63. The zero-order valence-corrected chi connectivity index (χ0v) is 14.8. The Kier molecular flexibility index (Phi) is 6.41. The fourth-order valence-electron chi connectivity index (χ4n) is 2.30. The van der Waals surface area contributed by atoms with E-state index in [-0.39, 0.29) is 18.4 Å². The summed E-state index contributed by atoms with van der Waals surface area (Å²) in [7, 11) is -3.54. The molecule has 1 aromatic rings. The van der Waals surface area contributed by atoms with E-state index >= 15 is 0 Å². The molecule has 1 aromatic carbocycles. The Morgan fingerprint density at radius 3 is 2.45 bits per heavy atom. The van der Waals surface area contributed by atoms with Crippen LogP contribution in [0.2, 0.25) is 0 Å². The summed E-state index contributed by atoms with van der Waals surface area (Å²) in [6, 6.07) is 5.68. The van der Waals surface area contributed by atoms with Crippen molar-refractivity contribution in [3.8, 4) is 0 Å². The van der Waals surface area contributed by atoms with Crippen LogP contribution in [-0.4, -0.2) is 33.7 Å². The Bertz CT molecular complexity index is 624. The van der Waals surface area contributed by atoms with Crippen molar-refractivity contribution in [3.63, 3.8) is 0 Å². The molecule has 0 radical (unpaired) electrons. The van der Waals surface area contributed by atoms with Gasteiger partial charge in [0, 0.05) is 6.54 Å². The van der Waals surface area contributed by atoms with Gasteiger partial charge in [0.05, 0.1) is 11.9 Å². The van der Waals surface area contributed by atoms with Gasteiger partial charge in [-0.15, -0.1) is 0 Å². The normalized spacial score (nSPS) is 11.5. The number of carbonyl (C=O) groups is 1. The van der Waals surface area contributed by atoms with Gasteiger partial charge < -0.3 is 5.32 Å². The first kappa shape index (κ1) is 18.5. The summed E-state index contributed by atoms with van der Waals surface area (Å²) in [5.41, 5.74) is 2.39. The summed E-state index contributed by atoms with van der Waals surface area (Å²) in [6.45, 7) is 8.19. The maximum atomic E-state index is 12.2. The Balaban J connectivity index is 3.28. The van der Waals surface area contributed by atoms with Gasteiger partial charge in [0.15, 0.2) is 0 Å². The van der Waals surface area contributed by atoms with E-state index in [4.69, 9.17) is 0 Å². The maximum absolute atomic E-state index is 12.2. The number of carbonyl (C=O) groups excluding carboxylic acids is 1. The van der Waals surface area contributed by atoms with E-state index in [1.165, 1.54) is 4.31 Å². The van der Waals surface area contributed by atoms with Gasteiger partial charge in [-0.1, -0.05) is 39.0 Å². The molecule has 5 nitrogen and oxygen atoms in total. The predicted octanol–water partition coefficient (Wildman–Crippen LogP) is 2.41. The zero-order valence-electron chi connectivity index (χ0n) is 14.0. The molecule has 0 unspecified atom stereocenters. The van der Waals surface area contributed by atoms with Crippen molar-refractivity contribution in [2.75, 3.05) is 23.7 Å².